The number of carbonyl (C=O) groups is 1. The summed E-state index contributed by atoms with van der Waals surface area (Å²) in [5.41, 5.74) is 0. The molecule has 1 amide bonds. The zero-order valence-corrected chi connectivity index (χ0v) is 14.6. The third-order valence-electron chi connectivity index (χ3n) is 4.86. The van der Waals surface area contributed by atoms with Crippen LogP contribution < -0.4 is 4.74 Å². The summed E-state index contributed by atoms with van der Waals surface area (Å²) in [5, 5.41) is 0. The largest absolute Gasteiger partial charge is 0.484 e. The second kappa shape index (κ2) is 7.27. The summed E-state index contributed by atoms with van der Waals surface area (Å²) in [6.07, 6.45) is 4.17. The average molecular weight is 373 g/mol. The molecule has 0 N–H and O–H groups in total. The van der Waals surface area contributed by atoms with Gasteiger partial charge < -0.3 is 9.64 Å². The van der Waals surface area contributed by atoms with E-state index in [0.29, 0.717) is 6.42 Å². The van der Waals surface area contributed by atoms with Crippen LogP contribution in [0.4, 0.5) is 8.78 Å². The van der Waals surface area contributed by atoms with Crippen molar-refractivity contribution in [2.24, 2.45) is 0 Å². The number of rotatable bonds is 5. The monoisotopic (exact) mass is 373 g/mol. The number of hydrogen-bond donors (Lipinski definition) is 0. The van der Waals surface area contributed by atoms with E-state index in [1.807, 2.05) is 0 Å². The van der Waals surface area contributed by atoms with E-state index in [0.717, 1.165) is 37.8 Å². The molecule has 1 atom stereocenters. The van der Waals surface area contributed by atoms with Crippen molar-refractivity contribution in [2.75, 3.05) is 18.1 Å². The van der Waals surface area contributed by atoms with Gasteiger partial charge in [-0.3, -0.25) is 4.79 Å². The van der Waals surface area contributed by atoms with E-state index in [9.17, 15) is 22.0 Å². The summed E-state index contributed by atoms with van der Waals surface area (Å²) in [5.74, 6) is -2.18. The van der Waals surface area contributed by atoms with Crippen molar-refractivity contribution in [2.45, 2.75) is 44.2 Å². The number of hydrogen-bond acceptors (Lipinski definition) is 4. The van der Waals surface area contributed by atoms with Crippen molar-refractivity contribution in [3.8, 4) is 5.75 Å². The zero-order chi connectivity index (χ0) is 18.0. The van der Waals surface area contributed by atoms with Gasteiger partial charge in [0.1, 0.15) is 5.75 Å². The molecule has 0 spiro atoms. The molecule has 1 aliphatic carbocycles. The SMILES string of the molecule is O=C(COc1ccc(F)c(F)c1)N(C1CCCC1)[C@H]1CCS(=O)(=O)C1. The average Bonchev–Trinajstić information content (AvgIpc) is 3.19. The molecular weight excluding hydrogens is 352 g/mol. The minimum atomic E-state index is -3.11. The Hall–Kier alpha value is -1.70. The van der Waals surface area contributed by atoms with Crippen molar-refractivity contribution >= 4 is 15.7 Å². The molecule has 138 valence electrons. The highest BCUT2D eigenvalue weighted by molar-refractivity contribution is 7.91. The van der Waals surface area contributed by atoms with Gasteiger partial charge in [-0.2, -0.15) is 0 Å². The van der Waals surface area contributed by atoms with Gasteiger partial charge in [0.25, 0.3) is 5.91 Å². The molecule has 3 rings (SSSR count). The molecule has 8 heteroatoms. The van der Waals surface area contributed by atoms with Gasteiger partial charge in [-0.05, 0) is 31.4 Å². The van der Waals surface area contributed by atoms with E-state index in [1.165, 1.54) is 6.07 Å². The van der Waals surface area contributed by atoms with Gasteiger partial charge in [0.2, 0.25) is 0 Å². The summed E-state index contributed by atoms with van der Waals surface area (Å²) in [7, 11) is -3.11. The Morgan fingerprint density at radius 2 is 1.84 bits per heavy atom. The van der Waals surface area contributed by atoms with E-state index in [-0.39, 0.29) is 41.9 Å². The lowest BCUT2D eigenvalue weighted by Crippen LogP contribution is -2.48. The fourth-order valence-corrected chi connectivity index (χ4v) is 5.38. The van der Waals surface area contributed by atoms with Gasteiger partial charge >= 0.3 is 0 Å². The molecule has 0 unspecified atom stereocenters. The quantitative estimate of drug-likeness (QED) is 0.795. The van der Waals surface area contributed by atoms with Crippen molar-refractivity contribution in [3.63, 3.8) is 0 Å². The number of carbonyl (C=O) groups excluding carboxylic acids is 1. The van der Waals surface area contributed by atoms with Crippen LogP contribution in [0.5, 0.6) is 5.75 Å². The normalized spacial score (nSPS) is 22.9. The maximum Gasteiger partial charge on any atom is 0.261 e. The molecule has 25 heavy (non-hydrogen) atoms. The molecule has 1 aromatic rings. The number of halogens is 2. The van der Waals surface area contributed by atoms with Gasteiger partial charge in [0.15, 0.2) is 28.1 Å². The molecule has 2 aliphatic rings. The van der Waals surface area contributed by atoms with Gasteiger partial charge in [-0.1, -0.05) is 12.8 Å². The Morgan fingerprint density at radius 1 is 1.12 bits per heavy atom. The summed E-state index contributed by atoms with van der Waals surface area (Å²) in [6.45, 7) is -0.321. The maximum atomic E-state index is 13.2. The van der Waals surface area contributed by atoms with Crippen LogP contribution in [-0.4, -0.2) is 49.4 Å². The maximum absolute atomic E-state index is 13.2. The van der Waals surface area contributed by atoms with Crippen molar-refractivity contribution in [1.29, 1.82) is 0 Å². The fraction of sp³-hybridized carbons (Fsp3) is 0.588. The molecule has 0 aromatic heterocycles. The second-order valence-electron chi connectivity index (χ2n) is 6.66. The molecule has 2 fully saturated rings. The van der Waals surface area contributed by atoms with Crippen molar-refractivity contribution in [1.82, 2.24) is 4.90 Å². The van der Waals surface area contributed by atoms with E-state index in [1.54, 1.807) is 4.90 Å². The highest BCUT2D eigenvalue weighted by Gasteiger charge is 2.39. The predicted molar refractivity (Wildman–Crippen MR) is 88.0 cm³/mol. The summed E-state index contributed by atoms with van der Waals surface area (Å²) in [4.78, 5) is 14.4. The molecule has 1 heterocycles. The molecular formula is C17H21F2NO4S. The number of benzene rings is 1. The van der Waals surface area contributed by atoms with Crippen LogP contribution in [0.1, 0.15) is 32.1 Å². The minimum absolute atomic E-state index is 0.0135. The Balaban J connectivity index is 1.69. The third kappa shape index (κ3) is 4.29. The van der Waals surface area contributed by atoms with Crippen LogP contribution in [0.3, 0.4) is 0 Å². The summed E-state index contributed by atoms with van der Waals surface area (Å²) in [6, 6.07) is 2.79. The Morgan fingerprint density at radius 3 is 2.44 bits per heavy atom. The molecule has 0 radical (unpaired) electrons. The Labute approximate surface area is 145 Å². The zero-order valence-electron chi connectivity index (χ0n) is 13.8. The lowest BCUT2D eigenvalue weighted by molar-refractivity contribution is -0.137. The van der Waals surface area contributed by atoms with Gasteiger partial charge in [0, 0.05) is 18.2 Å². The second-order valence-corrected chi connectivity index (χ2v) is 8.89. The number of sulfone groups is 1. The smallest absolute Gasteiger partial charge is 0.261 e. The lowest BCUT2D eigenvalue weighted by Gasteiger charge is -2.34. The van der Waals surface area contributed by atoms with Crippen molar-refractivity contribution in [3.05, 3.63) is 29.8 Å². The first-order valence-electron chi connectivity index (χ1n) is 8.45. The minimum Gasteiger partial charge on any atom is -0.484 e. The van der Waals surface area contributed by atoms with E-state index >= 15 is 0 Å². The fourth-order valence-electron chi connectivity index (χ4n) is 3.67. The predicted octanol–water partition coefficient (Wildman–Crippen LogP) is 2.30. The molecule has 0 bridgehead atoms. The van der Waals surface area contributed by atoms with Crippen LogP contribution in [0.2, 0.25) is 0 Å². The molecule has 1 aliphatic heterocycles. The van der Waals surface area contributed by atoms with Crippen LogP contribution in [0.15, 0.2) is 18.2 Å². The van der Waals surface area contributed by atoms with Crippen LogP contribution in [0, 0.1) is 11.6 Å². The Kier molecular flexibility index (Phi) is 5.27. The van der Waals surface area contributed by atoms with E-state index < -0.39 is 21.5 Å². The first kappa shape index (κ1) is 18.1. The summed E-state index contributed by atoms with van der Waals surface area (Å²) < 4.78 is 55.0. The number of amides is 1. The van der Waals surface area contributed by atoms with Gasteiger partial charge in [-0.15, -0.1) is 0 Å². The van der Waals surface area contributed by atoms with Gasteiger partial charge in [0.05, 0.1) is 11.5 Å². The highest BCUT2D eigenvalue weighted by Crippen LogP contribution is 2.29. The third-order valence-corrected chi connectivity index (χ3v) is 6.61. The van der Waals surface area contributed by atoms with Crippen LogP contribution >= 0.6 is 0 Å². The highest BCUT2D eigenvalue weighted by atomic mass is 32.2. The summed E-state index contributed by atoms with van der Waals surface area (Å²) >= 11 is 0. The first-order chi connectivity index (χ1) is 11.9. The molecule has 1 saturated heterocycles. The first-order valence-corrected chi connectivity index (χ1v) is 10.3. The van der Waals surface area contributed by atoms with E-state index in [2.05, 4.69) is 0 Å². The van der Waals surface area contributed by atoms with Crippen molar-refractivity contribution < 1.29 is 26.7 Å². The Bertz CT molecular complexity index is 747. The lowest BCUT2D eigenvalue weighted by atomic mass is 10.1. The van der Waals surface area contributed by atoms with Crippen LogP contribution in [-0.2, 0) is 14.6 Å². The van der Waals surface area contributed by atoms with Gasteiger partial charge in [-0.25, -0.2) is 17.2 Å². The van der Waals surface area contributed by atoms with E-state index in [4.69, 9.17) is 4.74 Å². The standard InChI is InChI=1S/C17H21F2NO4S/c18-15-6-5-14(9-16(15)19)24-10-17(21)20(12-3-1-2-4-12)13-7-8-25(22,23)11-13/h5-6,9,12-13H,1-4,7-8,10-11H2/t13-/m0/s1. The van der Waals surface area contributed by atoms with Crippen LogP contribution in [0.25, 0.3) is 0 Å². The number of nitrogens with zero attached hydrogens (tertiary/aromatic N) is 1. The topological polar surface area (TPSA) is 63.7 Å². The molecule has 1 saturated carbocycles. The number of ether oxygens (including phenoxy) is 1. The molecule has 1 aromatic carbocycles. The molecule has 5 nitrogen and oxygen atoms in total.